The zero-order valence-corrected chi connectivity index (χ0v) is 14.5. The van der Waals surface area contributed by atoms with Crippen molar-refractivity contribution in [2.24, 2.45) is 0 Å². The lowest BCUT2D eigenvalue weighted by molar-refractivity contribution is -0.137. The molecule has 27 heavy (non-hydrogen) atoms. The standard InChI is InChI=1S/C18H17F3N2O4/c1-11(27-15-9-7-14(26-2)8-10-15)16(24)22-23-17(25)12-3-5-13(6-4-12)18(19,20)21/h3-11H,1-2H3,(H,22,24)(H,23,25). The van der Waals surface area contributed by atoms with Crippen molar-refractivity contribution in [3.63, 3.8) is 0 Å². The van der Waals surface area contributed by atoms with E-state index in [-0.39, 0.29) is 5.56 Å². The Bertz CT molecular complexity index is 790. The molecule has 1 unspecified atom stereocenters. The van der Waals surface area contributed by atoms with Gasteiger partial charge in [0.2, 0.25) is 0 Å². The molecule has 0 saturated carbocycles. The van der Waals surface area contributed by atoms with Crippen LogP contribution < -0.4 is 20.3 Å². The molecule has 0 fully saturated rings. The van der Waals surface area contributed by atoms with Gasteiger partial charge in [0, 0.05) is 5.56 Å². The van der Waals surface area contributed by atoms with Gasteiger partial charge in [-0.2, -0.15) is 13.2 Å². The number of hydrazine groups is 1. The van der Waals surface area contributed by atoms with E-state index in [1.807, 2.05) is 0 Å². The van der Waals surface area contributed by atoms with Gasteiger partial charge < -0.3 is 9.47 Å². The van der Waals surface area contributed by atoms with Gasteiger partial charge in [-0.05, 0) is 55.5 Å². The number of hydrogen-bond acceptors (Lipinski definition) is 4. The number of carbonyl (C=O) groups excluding carboxylic acids is 2. The Hall–Kier alpha value is -3.23. The summed E-state index contributed by atoms with van der Waals surface area (Å²) in [7, 11) is 1.52. The van der Waals surface area contributed by atoms with E-state index in [0.717, 1.165) is 24.3 Å². The highest BCUT2D eigenvalue weighted by molar-refractivity contribution is 5.95. The Morgan fingerprint density at radius 3 is 2.00 bits per heavy atom. The summed E-state index contributed by atoms with van der Waals surface area (Å²) in [5, 5.41) is 0. The summed E-state index contributed by atoms with van der Waals surface area (Å²) in [5.74, 6) is -0.337. The van der Waals surface area contributed by atoms with Crippen LogP contribution in [0.2, 0.25) is 0 Å². The lowest BCUT2D eigenvalue weighted by atomic mass is 10.1. The van der Waals surface area contributed by atoms with Crippen LogP contribution in [0.4, 0.5) is 13.2 Å². The quantitative estimate of drug-likeness (QED) is 0.780. The number of alkyl halides is 3. The molecule has 2 rings (SSSR count). The molecular formula is C18H17F3N2O4. The molecule has 0 bridgehead atoms. The van der Waals surface area contributed by atoms with Crippen molar-refractivity contribution in [2.75, 3.05) is 7.11 Å². The maximum Gasteiger partial charge on any atom is 0.416 e. The normalized spacial score (nSPS) is 12.0. The summed E-state index contributed by atoms with van der Waals surface area (Å²) in [6.45, 7) is 1.48. The molecule has 0 aliphatic carbocycles. The van der Waals surface area contributed by atoms with Crippen LogP contribution in [0.15, 0.2) is 48.5 Å². The number of amides is 2. The second kappa shape index (κ2) is 8.43. The number of carbonyl (C=O) groups is 2. The van der Waals surface area contributed by atoms with Crippen molar-refractivity contribution in [3.05, 3.63) is 59.7 Å². The molecule has 0 radical (unpaired) electrons. The van der Waals surface area contributed by atoms with Crippen LogP contribution in [0, 0.1) is 0 Å². The second-order valence-corrected chi connectivity index (χ2v) is 5.45. The monoisotopic (exact) mass is 382 g/mol. The van der Waals surface area contributed by atoms with Crippen LogP contribution in [0.1, 0.15) is 22.8 Å². The average Bonchev–Trinajstić information content (AvgIpc) is 2.65. The van der Waals surface area contributed by atoms with E-state index >= 15 is 0 Å². The minimum Gasteiger partial charge on any atom is -0.497 e. The van der Waals surface area contributed by atoms with Crippen LogP contribution in [-0.4, -0.2) is 25.0 Å². The van der Waals surface area contributed by atoms with Gasteiger partial charge in [-0.1, -0.05) is 0 Å². The van der Waals surface area contributed by atoms with Crippen molar-refractivity contribution < 1.29 is 32.2 Å². The number of methoxy groups -OCH3 is 1. The first-order valence-electron chi connectivity index (χ1n) is 7.79. The summed E-state index contributed by atoms with van der Waals surface area (Å²) in [5.41, 5.74) is 3.37. The Balaban J connectivity index is 1.87. The fourth-order valence-corrected chi connectivity index (χ4v) is 2.01. The summed E-state index contributed by atoms with van der Waals surface area (Å²) in [6, 6.07) is 10.1. The fourth-order valence-electron chi connectivity index (χ4n) is 2.01. The van der Waals surface area contributed by atoms with Crippen molar-refractivity contribution >= 4 is 11.8 Å². The predicted molar refractivity (Wildman–Crippen MR) is 90.1 cm³/mol. The number of halogens is 3. The highest BCUT2D eigenvalue weighted by Crippen LogP contribution is 2.29. The Morgan fingerprint density at radius 1 is 0.926 bits per heavy atom. The Labute approximate surface area is 153 Å². The van der Waals surface area contributed by atoms with E-state index in [1.165, 1.54) is 14.0 Å². The van der Waals surface area contributed by atoms with Crippen LogP contribution >= 0.6 is 0 Å². The fraction of sp³-hybridized carbons (Fsp3) is 0.222. The van der Waals surface area contributed by atoms with Crippen molar-refractivity contribution in [3.8, 4) is 11.5 Å². The molecule has 1 atom stereocenters. The average molecular weight is 382 g/mol. The SMILES string of the molecule is COc1ccc(OC(C)C(=O)NNC(=O)c2ccc(C(F)(F)F)cc2)cc1. The second-order valence-electron chi connectivity index (χ2n) is 5.45. The van der Waals surface area contributed by atoms with Gasteiger partial charge in [-0.3, -0.25) is 20.4 Å². The predicted octanol–water partition coefficient (Wildman–Crippen LogP) is 2.94. The van der Waals surface area contributed by atoms with Gasteiger partial charge in [-0.25, -0.2) is 0 Å². The van der Waals surface area contributed by atoms with E-state index in [1.54, 1.807) is 24.3 Å². The van der Waals surface area contributed by atoms with Gasteiger partial charge in [0.25, 0.3) is 11.8 Å². The molecule has 6 nitrogen and oxygen atoms in total. The van der Waals surface area contributed by atoms with Crippen LogP contribution in [0.25, 0.3) is 0 Å². The van der Waals surface area contributed by atoms with Crippen molar-refractivity contribution in [2.45, 2.75) is 19.2 Å². The van der Waals surface area contributed by atoms with Gasteiger partial charge in [-0.15, -0.1) is 0 Å². The third kappa shape index (κ3) is 5.63. The number of hydrogen-bond donors (Lipinski definition) is 2. The number of ether oxygens (including phenoxy) is 2. The lowest BCUT2D eigenvalue weighted by Crippen LogP contribution is -2.47. The number of nitrogens with one attached hydrogen (secondary N) is 2. The largest absolute Gasteiger partial charge is 0.497 e. The van der Waals surface area contributed by atoms with Gasteiger partial charge >= 0.3 is 6.18 Å². The molecule has 0 spiro atoms. The van der Waals surface area contributed by atoms with E-state index in [9.17, 15) is 22.8 Å². The summed E-state index contributed by atoms with van der Waals surface area (Å²) < 4.78 is 48.0. The summed E-state index contributed by atoms with van der Waals surface area (Å²) in [6.07, 6.45) is -5.41. The molecule has 2 amide bonds. The number of rotatable bonds is 5. The maximum absolute atomic E-state index is 12.5. The Kier molecular flexibility index (Phi) is 6.27. The molecule has 0 aliphatic rings. The van der Waals surface area contributed by atoms with E-state index in [0.29, 0.717) is 11.5 Å². The molecule has 0 aromatic heterocycles. The molecule has 2 N–H and O–H groups in total. The topological polar surface area (TPSA) is 76.7 Å². The number of benzene rings is 2. The van der Waals surface area contributed by atoms with E-state index in [2.05, 4.69) is 10.9 Å². The van der Waals surface area contributed by atoms with Gasteiger partial charge in [0.15, 0.2) is 6.10 Å². The van der Waals surface area contributed by atoms with Gasteiger partial charge in [0.1, 0.15) is 11.5 Å². The smallest absolute Gasteiger partial charge is 0.416 e. The first-order valence-corrected chi connectivity index (χ1v) is 7.79. The zero-order chi connectivity index (χ0) is 20.0. The molecule has 2 aromatic carbocycles. The maximum atomic E-state index is 12.5. The molecule has 0 heterocycles. The first kappa shape index (κ1) is 20.1. The zero-order valence-electron chi connectivity index (χ0n) is 14.5. The molecular weight excluding hydrogens is 365 g/mol. The molecule has 9 heteroatoms. The van der Waals surface area contributed by atoms with Crippen molar-refractivity contribution in [1.29, 1.82) is 0 Å². The van der Waals surface area contributed by atoms with Crippen LogP contribution in [0.3, 0.4) is 0 Å². The minimum absolute atomic E-state index is 0.0352. The van der Waals surface area contributed by atoms with Crippen LogP contribution in [0.5, 0.6) is 11.5 Å². The first-order chi connectivity index (χ1) is 12.7. The molecule has 0 saturated heterocycles. The third-order valence-electron chi connectivity index (χ3n) is 3.52. The molecule has 2 aromatic rings. The van der Waals surface area contributed by atoms with Gasteiger partial charge in [0.05, 0.1) is 12.7 Å². The van der Waals surface area contributed by atoms with Crippen LogP contribution in [-0.2, 0) is 11.0 Å². The highest BCUT2D eigenvalue weighted by Gasteiger charge is 2.30. The molecule has 144 valence electrons. The van der Waals surface area contributed by atoms with E-state index in [4.69, 9.17) is 9.47 Å². The Morgan fingerprint density at radius 2 is 1.48 bits per heavy atom. The summed E-state index contributed by atoms with van der Waals surface area (Å²) in [4.78, 5) is 23.9. The third-order valence-corrected chi connectivity index (χ3v) is 3.52. The lowest BCUT2D eigenvalue weighted by Gasteiger charge is -2.15. The van der Waals surface area contributed by atoms with E-state index < -0.39 is 29.7 Å². The summed E-state index contributed by atoms with van der Waals surface area (Å²) >= 11 is 0. The van der Waals surface area contributed by atoms with Crippen molar-refractivity contribution in [1.82, 2.24) is 10.9 Å². The highest BCUT2D eigenvalue weighted by atomic mass is 19.4. The molecule has 0 aliphatic heterocycles. The minimum atomic E-state index is -4.49.